The van der Waals surface area contributed by atoms with Crippen LogP contribution in [-0.2, 0) is 0 Å². The zero-order valence-corrected chi connectivity index (χ0v) is 7.60. The first kappa shape index (κ1) is 11.2. The summed E-state index contributed by atoms with van der Waals surface area (Å²) in [5.41, 5.74) is -1.01. The Morgan fingerprint density at radius 3 is 1.36 bits per heavy atom. The van der Waals surface area contributed by atoms with E-state index in [1.54, 1.807) is 0 Å². The largest absolute Gasteiger partial charge is 0.203 e. The standard InChI is InChI=1S/C8H4ClF5/c1-2(9)3-4(10)6(12)8(14)7(13)5(3)11/h2H,1H3. The van der Waals surface area contributed by atoms with Gasteiger partial charge in [-0.2, -0.15) is 0 Å². The molecule has 1 atom stereocenters. The van der Waals surface area contributed by atoms with Crippen molar-refractivity contribution in [2.45, 2.75) is 12.3 Å². The van der Waals surface area contributed by atoms with Crippen LogP contribution in [0.15, 0.2) is 0 Å². The van der Waals surface area contributed by atoms with E-state index in [1.807, 2.05) is 0 Å². The van der Waals surface area contributed by atoms with E-state index in [9.17, 15) is 22.0 Å². The fourth-order valence-corrected chi connectivity index (χ4v) is 1.16. The van der Waals surface area contributed by atoms with Gasteiger partial charge in [0.05, 0.1) is 5.38 Å². The van der Waals surface area contributed by atoms with Crippen molar-refractivity contribution in [1.29, 1.82) is 0 Å². The van der Waals surface area contributed by atoms with Crippen molar-refractivity contribution >= 4 is 11.6 Å². The monoisotopic (exact) mass is 230 g/mol. The van der Waals surface area contributed by atoms with Crippen molar-refractivity contribution < 1.29 is 22.0 Å². The van der Waals surface area contributed by atoms with Gasteiger partial charge in [-0.15, -0.1) is 11.6 Å². The van der Waals surface area contributed by atoms with Crippen LogP contribution in [0.3, 0.4) is 0 Å². The molecular formula is C8H4ClF5. The number of rotatable bonds is 1. The Kier molecular flexibility index (Phi) is 2.99. The Bertz CT molecular complexity index is 345. The molecule has 1 aromatic rings. The van der Waals surface area contributed by atoms with Crippen LogP contribution in [0.2, 0.25) is 0 Å². The molecule has 0 bridgehead atoms. The lowest BCUT2D eigenvalue weighted by molar-refractivity contribution is 0.370. The zero-order chi connectivity index (χ0) is 11.0. The number of halogens is 6. The predicted octanol–water partition coefficient (Wildman–Crippen LogP) is 3.68. The van der Waals surface area contributed by atoms with Crippen molar-refractivity contribution in [2.24, 2.45) is 0 Å². The number of hydrogen-bond donors (Lipinski definition) is 0. The molecule has 14 heavy (non-hydrogen) atoms. The first-order valence-electron chi connectivity index (χ1n) is 3.53. The van der Waals surface area contributed by atoms with Crippen molar-refractivity contribution in [1.82, 2.24) is 0 Å². The van der Waals surface area contributed by atoms with Crippen molar-refractivity contribution in [3.63, 3.8) is 0 Å². The van der Waals surface area contributed by atoms with E-state index in [2.05, 4.69) is 0 Å². The maximum absolute atomic E-state index is 12.8. The van der Waals surface area contributed by atoms with Gasteiger partial charge >= 0.3 is 0 Å². The summed E-state index contributed by atoms with van der Waals surface area (Å²) < 4.78 is 63.3. The minimum absolute atomic E-state index is 1.01. The summed E-state index contributed by atoms with van der Waals surface area (Å²) in [6, 6.07) is 0. The predicted molar refractivity (Wildman–Crippen MR) is 40.5 cm³/mol. The van der Waals surface area contributed by atoms with Crippen LogP contribution in [-0.4, -0.2) is 0 Å². The van der Waals surface area contributed by atoms with Gasteiger partial charge in [0.25, 0.3) is 0 Å². The van der Waals surface area contributed by atoms with Crippen LogP contribution in [0.5, 0.6) is 0 Å². The second-order valence-corrected chi connectivity index (χ2v) is 3.25. The van der Waals surface area contributed by atoms with Crippen LogP contribution in [0.25, 0.3) is 0 Å². The van der Waals surface area contributed by atoms with Gasteiger partial charge in [-0.1, -0.05) is 0 Å². The molecule has 0 aliphatic carbocycles. The molecule has 0 amide bonds. The highest BCUT2D eigenvalue weighted by atomic mass is 35.5. The van der Waals surface area contributed by atoms with Gasteiger partial charge in [-0.05, 0) is 6.92 Å². The van der Waals surface area contributed by atoms with Gasteiger partial charge in [-0.25, -0.2) is 22.0 Å². The summed E-state index contributed by atoms with van der Waals surface area (Å²) in [7, 11) is 0. The number of hydrogen-bond acceptors (Lipinski definition) is 0. The normalized spacial score (nSPS) is 13.1. The van der Waals surface area contributed by atoms with Crippen LogP contribution in [0.1, 0.15) is 17.9 Å². The molecular weight excluding hydrogens is 227 g/mol. The van der Waals surface area contributed by atoms with Gasteiger partial charge in [0, 0.05) is 5.56 Å². The molecule has 0 saturated carbocycles. The Morgan fingerprint density at radius 2 is 1.07 bits per heavy atom. The van der Waals surface area contributed by atoms with Gasteiger partial charge in [-0.3, -0.25) is 0 Å². The zero-order valence-electron chi connectivity index (χ0n) is 6.85. The van der Waals surface area contributed by atoms with E-state index in [0.29, 0.717) is 0 Å². The number of benzene rings is 1. The average molecular weight is 231 g/mol. The lowest BCUT2D eigenvalue weighted by Crippen LogP contribution is -2.07. The number of alkyl halides is 1. The van der Waals surface area contributed by atoms with Crippen LogP contribution in [0.4, 0.5) is 22.0 Å². The van der Waals surface area contributed by atoms with Crippen LogP contribution >= 0.6 is 11.6 Å². The van der Waals surface area contributed by atoms with E-state index in [4.69, 9.17) is 11.6 Å². The molecule has 0 radical (unpaired) electrons. The fraction of sp³-hybridized carbons (Fsp3) is 0.250. The average Bonchev–Trinajstić information content (AvgIpc) is 2.11. The van der Waals surface area contributed by atoms with Gasteiger partial charge in [0.2, 0.25) is 5.82 Å². The first-order valence-corrected chi connectivity index (χ1v) is 3.97. The maximum atomic E-state index is 12.8. The molecule has 78 valence electrons. The highest BCUT2D eigenvalue weighted by Crippen LogP contribution is 2.30. The quantitative estimate of drug-likeness (QED) is 0.299. The second kappa shape index (κ2) is 3.73. The lowest BCUT2D eigenvalue weighted by Gasteiger charge is -2.08. The molecule has 0 saturated heterocycles. The summed E-state index contributed by atoms with van der Waals surface area (Å²) in [6.07, 6.45) is 0. The van der Waals surface area contributed by atoms with Crippen molar-refractivity contribution in [3.05, 3.63) is 34.6 Å². The van der Waals surface area contributed by atoms with Crippen molar-refractivity contribution in [3.8, 4) is 0 Å². The minimum atomic E-state index is -2.18. The first-order chi connectivity index (χ1) is 6.37. The molecule has 6 heteroatoms. The van der Waals surface area contributed by atoms with E-state index < -0.39 is 40.0 Å². The Labute approximate surface area is 81.3 Å². The van der Waals surface area contributed by atoms with Gasteiger partial charge < -0.3 is 0 Å². The molecule has 0 aromatic heterocycles. The molecule has 0 spiro atoms. The molecule has 1 rings (SSSR count). The molecule has 1 unspecified atom stereocenters. The molecule has 0 fully saturated rings. The highest BCUT2D eigenvalue weighted by molar-refractivity contribution is 6.20. The molecule has 0 aliphatic rings. The molecule has 0 N–H and O–H groups in total. The summed E-state index contributed by atoms with van der Waals surface area (Å²) >= 11 is 5.27. The Morgan fingerprint density at radius 1 is 0.786 bits per heavy atom. The van der Waals surface area contributed by atoms with E-state index in [0.717, 1.165) is 6.92 Å². The summed E-state index contributed by atoms with van der Waals surface area (Å²) in [5.74, 6) is -9.91. The summed E-state index contributed by atoms with van der Waals surface area (Å²) in [5, 5.41) is -1.29. The third-order valence-corrected chi connectivity index (χ3v) is 1.86. The van der Waals surface area contributed by atoms with Gasteiger partial charge in [0.15, 0.2) is 23.3 Å². The van der Waals surface area contributed by atoms with E-state index in [-0.39, 0.29) is 0 Å². The summed E-state index contributed by atoms with van der Waals surface area (Å²) in [4.78, 5) is 0. The Balaban J connectivity index is 3.60. The SMILES string of the molecule is CC(Cl)c1c(F)c(F)c(F)c(F)c1F. The summed E-state index contributed by atoms with van der Waals surface area (Å²) in [6.45, 7) is 1.11. The highest BCUT2D eigenvalue weighted by Gasteiger charge is 2.27. The van der Waals surface area contributed by atoms with Crippen molar-refractivity contribution in [2.75, 3.05) is 0 Å². The minimum Gasteiger partial charge on any atom is -0.203 e. The van der Waals surface area contributed by atoms with Crippen LogP contribution in [0, 0.1) is 29.1 Å². The molecule has 1 aromatic carbocycles. The Hall–Kier alpha value is -0.840. The molecule has 0 nitrogen and oxygen atoms in total. The molecule has 0 heterocycles. The fourth-order valence-electron chi connectivity index (χ4n) is 0.971. The maximum Gasteiger partial charge on any atom is 0.200 e. The van der Waals surface area contributed by atoms with E-state index in [1.165, 1.54) is 0 Å². The lowest BCUT2D eigenvalue weighted by atomic mass is 10.1. The third-order valence-electron chi connectivity index (χ3n) is 1.64. The van der Waals surface area contributed by atoms with Crippen LogP contribution < -0.4 is 0 Å². The topological polar surface area (TPSA) is 0 Å². The van der Waals surface area contributed by atoms with Gasteiger partial charge in [0.1, 0.15) is 0 Å². The smallest absolute Gasteiger partial charge is 0.200 e. The van der Waals surface area contributed by atoms with E-state index >= 15 is 0 Å². The second-order valence-electron chi connectivity index (χ2n) is 2.60. The third kappa shape index (κ3) is 1.56. The molecule has 0 aliphatic heterocycles.